The molecule has 2 nitrogen and oxygen atoms in total. The zero-order valence-corrected chi connectivity index (χ0v) is 25.1. The van der Waals surface area contributed by atoms with E-state index in [1.165, 1.54) is 27.6 Å². The minimum absolute atomic E-state index is 0.195. The Balaban J connectivity index is 1.52. The van der Waals surface area contributed by atoms with Crippen molar-refractivity contribution >= 4 is 19.6 Å². The third kappa shape index (κ3) is 7.46. The Labute approximate surface area is 247 Å². The van der Waals surface area contributed by atoms with E-state index in [9.17, 15) is 5.11 Å². The Morgan fingerprint density at radius 3 is 1.90 bits per heavy atom. The standard InChI is InChI=1S/C38H40NOP/c1-3-23-38(2,41-36-22-14-13-19-32(36)28-39-34-20-11-6-12-21-34)35-27-31(24-29-15-7-4-8-16-29)26-33(37(35)40)25-30-17-9-5-10-18-30/h4-22,26-27,39-41H,3,23-25,28H2,1-2H3. The molecule has 0 aliphatic heterocycles. The number of phenolic OH excluding ortho intramolecular Hbond substituents is 1. The Hall–Kier alpha value is -3.87. The topological polar surface area (TPSA) is 32.3 Å². The third-order valence-electron chi connectivity index (χ3n) is 7.77. The van der Waals surface area contributed by atoms with Crippen molar-refractivity contribution in [2.24, 2.45) is 0 Å². The Kier molecular flexibility index (Phi) is 9.55. The van der Waals surface area contributed by atoms with E-state index < -0.39 is 0 Å². The second-order valence-corrected chi connectivity index (χ2v) is 13.0. The highest BCUT2D eigenvalue weighted by molar-refractivity contribution is 7.48. The average molecular weight is 558 g/mol. The molecule has 5 aromatic carbocycles. The molecular formula is C38H40NOP. The van der Waals surface area contributed by atoms with Gasteiger partial charge in [0.1, 0.15) is 5.75 Å². The largest absolute Gasteiger partial charge is 0.507 e. The van der Waals surface area contributed by atoms with Gasteiger partial charge in [0.05, 0.1) is 0 Å². The van der Waals surface area contributed by atoms with Crippen LogP contribution in [-0.2, 0) is 24.5 Å². The van der Waals surface area contributed by atoms with E-state index in [-0.39, 0.29) is 5.16 Å². The maximum absolute atomic E-state index is 11.9. The SMILES string of the molecule is CCCC(C)(Pc1ccccc1CNc1ccccc1)c1cc(Cc2ccccc2)cc(Cc2ccccc2)c1O. The number of aromatic hydroxyl groups is 1. The quantitative estimate of drug-likeness (QED) is 0.150. The highest BCUT2D eigenvalue weighted by Crippen LogP contribution is 2.49. The van der Waals surface area contributed by atoms with Gasteiger partial charge in [-0.2, -0.15) is 0 Å². The number of anilines is 1. The Morgan fingerprint density at radius 1 is 0.659 bits per heavy atom. The van der Waals surface area contributed by atoms with E-state index in [2.05, 4.69) is 134 Å². The molecule has 0 heterocycles. The summed E-state index contributed by atoms with van der Waals surface area (Å²) in [4.78, 5) is 0. The molecule has 0 aromatic heterocycles. The van der Waals surface area contributed by atoms with Crippen LogP contribution in [0.1, 0.15) is 60.1 Å². The van der Waals surface area contributed by atoms with Crippen LogP contribution in [0.4, 0.5) is 5.69 Å². The van der Waals surface area contributed by atoms with E-state index in [1.54, 1.807) is 0 Å². The van der Waals surface area contributed by atoms with Gasteiger partial charge in [0, 0.05) is 29.4 Å². The fourth-order valence-electron chi connectivity index (χ4n) is 5.68. The Morgan fingerprint density at radius 2 is 1.24 bits per heavy atom. The summed E-state index contributed by atoms with van der Waals surface area (Å²) in [5.41, 5.74) is 8.25. The summed E-state index contributed by atoms with van der Waals surface area (Å²) >= 11 is 0. The molecule has 0 fully saturated rings. The molecule has 0 aliphatic carbocycles. The average Bonchev–Trinajstić information content (AvgIpc) is 3.00. The summed E-state index contributed by atoms with van der Waals surface area (Å²) in [5, 5.41) is 16.6. The number of rotatable bonds is 12. The maximum atomic E-state index is 11.9. The minimum atomic E-state index is -0.195. The fraction of sp³-hybridized carbons (Fsp3) is 0.211. The van der Waals surface area contributed by atoms with Gasteiger partial charge in [0.2, 0.25) is 0 Å². The van der Waals surface area contributed by atoms with Crippen molar-refractivity contribution in [3.8, 4) is 5.75 Å². The summed E-state index contributed by atoms with van der Waals surface area (Å²) in [5.74, 6) is 0.453. The lowest BCUT2D eigenvalue weighted by atomic mass is 9.88. The number of nitrogens with one attached hydrogen (secondary N) is 1. The van der Waals surface area contributed by atoms with Gasteiger partial charge in [-0.1, -0.05) is 144 Å². The van der Waals surface area contributed by atoms with Gasteiger partial charge in [-0.25, -0.2) is 0 Å². The smallest absolute Gasteiger partial charge is 0.123 e. The fourth-order valence-corrected chi connectivity index (χ4v) is 7.48. The first-order valence-corrected chi connectivity index (χ1v) is 15.6. The first-order chi connectivity index (χ1) is 20.0. The van der Waals surface area contributed by atoms with Crippen LogP contribution in [0.15, 0.2) is 127 Å². The zero-order valence-electron chi connectivity index (χ0n) is 24.1. The van der Waals surface area contributed by atoms with Crippen LogP contribution >= 0.6 is 8.58 Å². The predicted octanol–water partition coefficient (Wildman–Crippen LogP) is 9.21. The van der Waals surface area contributed by atoms with Gasteiger partial charge < -0.3 is 10.4 Å². The van der Waals surface area contributed by atoms with E-state index in [0.717, 1.165) is 42.6 Å². The Bertz CT molecular complexity index is 1540. The van der Waals surface area contributed by atoms with Crippen LogP contribution in [0.5, 0.6) is 5.75 Å². The molecule has 3 heteroatoms. The molecule has 0 spiro atoms. The molecule has 0 saturated carbocycles. The molecule has 5 aromatic rings. The third-order valence-corrected chi connectivity index (χ3v) is 9.59. The number of hydrogen-bond acceptors (Lipinski definition) is 2. The zero-order chi connectivity index (χ0) is 28.5. The predicted molar refractivity (Wildman–Crippen MR) is 177 cm³/mol. The van der Waals surface area contributed by atoms with Crippen LogP contribution < -0.4 is 10.6 Å². The van der Waals surface area contributed by atoms with Gasteiger partial charge in [0.25, 0.3) is 0 Å². The van der Waals surface area contributed by atoms with Crippen molar-refractivity contribution < 1.29 is 5.11 Å². The van der Waals surface area contributed by atoms with Gasteiger partial charge in [0.15, 0.2) is 0 Å². The molecule has 2 atom stereocenters. The monoisotopic (exact) mass is 557 g/mol. The van der Waals surface area contributed by atoms with E-state index in [1.807, 2.05) is 12.1 Å². The summed E-state index contributed by atoms with van der Waals surface area (Å²) in [6.07, 6.45) is 3.60. The van der Waals surface area contributed by atoms with Crippen molar-refractivity contribution in [3.05, 3.63) is 161 Å². The van der Waals surface area contributed by atoms with Crippen LogP contribution in [-0.4, -0.2) is 5.11 Å². The summed E-state index contributed by atoms with van der Waals surface area (Å²) in [7, 11) is 0.524. The van der Waals surface area contributed by atoms with Crippen molar-refractivity contribution in [1.82, 2.24) is 0 Å². The normalized spacial score (nSPS) is 12.8. The summed E-state index contributed by atoms with van der Waals surface area (Å²) in [6, 6.07) is 44.8. The van der Waals surface area contributed by atoms with Crippen molar-refractivity contribution in [1.29, 1.82) is 0 Å². The molecule has 0 saturated heterocycles. The van der Waals surface area contributed by atoms with E-state index in [4.69, 9.17) is 0 Å². The van der Waals surface area contributed by atoms with Gasteiger partial charge >= 0.3 is 0 Å². The minimum Gasteiger partial charge on any atom is -0.507 e. The molecule has 2 unspecified atom stereocenters. The second-order valence-electron chi connectivity index (χ2n) is 11.1. The molecular weight excluding hydrogens is 517 g/mol. The highest BCUT2D eigenvalue weighted by atomic mass is 31.1. The van der Waals surface area contributed by atoms with Gasteiger partial charge in [-0.15, -0.1) is 0 Å². The van der Waals surface area contributed by atoms with E-state index >= 15 is 0 Å². The van der Waals surface area contributed by atoms with Crippen LogP contribution in [0.25, 0.3) is 0 Å². The second kappa shape index (κ2) is 13.7. The molecule has 41 heavy (non-hydrogen) atoms. The molecule has 0 aliphatic rings. The molecule has 0 radical (unpaired) electrons. The molecule has 2 N–H and O–H groups in total. The van der Waals surface area contributed by atoms with Crippen molar-refractivity contribution in [2.45, 2.75) is 51.2 Å². The van der Waals surface area contributed by atoms with Crippen molar-refractivity contribution in [3.63, 3.8) is 0 Å². The molecule has 208 valence electrons. The first kappa shape index (κ1) is 28.7. The van der Waals surface area contributed by atoms with Crippen LogP contribution in [0, 0.1) is 0 Å². The molecule has 0 amide bonds. The lowest BCUT2D eigenvalue weighted by Gasteiger charge is -2.33. The summed E-state index contributed by atoms with van der Waals surface area (Å²) < 4.78 is 0. The summed E-state index contributed by atoms with van der Waals surface area (Å²) in [6.45, 7) is 5.38. The van der Waals surface area contributed by atoms with Crippen molar-refractivity contribution in [2.75, 3.05) is 5.32 Å². The van der Waals surface area contributed by atoms with Gasteiger partial charge in [-0.05, 0) is 58.1 Å². The first-order valence-electron chi connectivity index (χ1n) is 14.6. The number of benzene rings is 5. The van der Waals surface area contributed by atoms with E-state index in [0.29, 0.717) is 20.8 Å². The number of phenols is 1. The lowest BCUT2D eigenvalue weighted by molar-refractivity contribution is 0.447. The number of hydrogen-bond donors (Lipinski definition) is 2. The highest BCUT2D eigenvalue weighted by Gasteiger charge is 2.31. The van der Waals surface area contributed by atoms with Crippen LogP contribution in [0.3, 0.4) is 0 Å². The number of para-hydroxylation sites is 1. The molecule has 5 rings (SSSR count). The van der Waals surface area contributed by atoms with Crippen LogP contribution in [0.2, 0.25) is 0 Å². The van der Waals surface area contributed by atoms with Gasteiger partial charge in [-0.3, -0.25) is 0 Å². The maximum Gasteiger partial charge on any atom is 0.123 e. The lowest BCUT2D eigenvalue weighted by Crippen LogP contribution is -2.22. The molecule has 0 bridgehead atoms.